The predicted molar refractivity (Wildman–Crippen MR) is 72.1 cm³/mol. The third kappa shape index (κ3) is 2.07. The summed E-state index contributed by atoms with van der Waals surface area (Å²) in [6, 6.07) is 12.2. The van der Waals surface area contributed by atoms with E-state index in [0.717, 1.165) is 33.7 Å². The number of carbonyl (C=O) groups is 1. The van der Waals surface area contributed by atoms with Crippen molar-refractivity contribution < 1.29 is 4.79 Å². The standard InChI is InChI=1S/C14H12BrNO/c15-12-6-2-4-9-3-1-5-11(13(9)12)14(17)16-10-7-8-10/h1-6,10H,7-8H2,(H,16,17). The molecule has 3 rings (SSSR count). The van der Waals surface area contributed by atoms with Crippen LogP contribution in [0.3, 0.4) is 0 Å². The highest BCUT2D eigenvalue weighted by Crippen LogP contribution is 2.28. The van der Waals surface area contributed by atoms with Crippen molar-refractivity contribution >= 4 is 32.6 Å². The van der Waals surface area contributed by atoms with Crippen LogP contribution in [0, 0.1) is 0 Å². The summed E-state index contributed by atoms with van der Waals surface area (Å²) >= 11 is 3.52. The van der Waals surface area contributed by atoms with E-state index in [1.165, 1.54) is 0 Å². The van der Waals surface area contributed by atoms with E-state index in [2.05, 4.69) is 21.2 Å². The lowest BCUT2D eigenvalue weighted by molar-refractivity contribution is 0.0952. The number of hydrogen-bond acceptors (Lipinski definition) is 1. The Morgan fingerprint density at radius 3 is 2.59 bits per heavy atom. The van der Waals surface area contributed by atoms with Crippen molar-refractivity contribution in [3.63, 3.8) is 0 Å². The van der Waals surface area contributed by atoms with Gasteiger partial charge in [0, 0.05) is 21.5 Å². The molecule has 0 unspecified atom stereocenters. The minimum absolute atomic E-state index is 0.0324. The Hall–Kier alpha value is -1.35. The molecule has 1 aliphatic rings. The highest BCUT2D eigenvalue weighted by molar-refractivity contribution is 9.10. The fourth-order valence-corrected chi connectivity index (χ4v) is 2.57. The molecule has 0 aliphatic heterocycles. The monoisotopic (exact) mass is 289 g/mol. The van der Waals surface area contributed by atoms with Gasteiger partial charge in [0.2, 0.25) is 0 Å². The highest BCUT2D eigenvalue weighted by atomic mass is 79.9. The molecule has 1 amide bonds. The molecule has 0 atom stereocenters. The lowest BCUT2D eigenvalue weighted by atomic mass is 10.0. The Balaban J connectivity index is 2.11. The largest absolute Gasteiger partial charge is 0.349 e. The Bertz CT molecular complexity index is 585. The second-order valence-electron chi connectivity index (χ2n) is 4.39. The van der Waals surface area contributed by atoms with Crippen LogP contribution in [0.15, 0.2) is 40.9 Å². The van der Waals surface area contributed by atoms with Gasteiger partial charge in [-0.1, -0.05) is 40.2 Å². The smallest absolute Gasteiger partial charge is 0.252 e. The Morgan fingerprint density at radius 1 is 1.18 bits per heavy atom. The first-order chi connectivity index (χ1) is 8.25. The van der Waals surface area contributed by atoms with E-state index in [-0.39, 0.29) is 5.91 Å². The lowest BCUT2D eigenvalue weighted by Gasteiger charge is -2.08. The number of amides is 1. The van der Waals surface area contributed by atoms with Gasteiger partial charge < -0.3 is 5.32 Å². The molecule has 0 aromatic heterocycles. The molecule has 1 aliphatic carbocycles. The van der Waals surface area contributed by atoms with Gasteiger partial charge in [-0.15, -0.1) is 0 Å². The Kier molecular flexibility index (Phi) is 2.63. The minimum Gasteiger partial charge on any atom is -0.349 e. The van der Waals surface area contributed by atoms with Gasteiger partial charge in [-0.05, 0) is 30.4 Å². The normalized spacial score (nSPS) is 14.9. The molecule has 0 heterocycles. The SMILES string of the molecule is O=C(NC1CC1)c1cccc2cccc(Br)c12. The number of carbonyl (C=O) groups excluding carboxylic acids is 1. The number of hydrogen-bond donors (Lipinski definition) is 1. The van der Waals surface area contributed by atoms with Gasteiger partial charge in [0.1, 0.15) is 0 Å². The molecule has 1 fully saturated rings. The zero-order valence-electron chi connectivity index (χ0n) is 9.24. The molecular weight excluding hydrogens is 278 g/mol. The Labute approximate surface area is 108 Å². The van der Waals surface area contributed by atoms with Crippen LogP contribution in [-0.4, -0.2) is 11.9 Å². The number of halogens is 1. The number of nitrogens with one attached hydrogen (secondary N) is 1. The van der Waals surface area contributed by atoms with Crippen molar-refractivity contribution in [1.29, 1.82) is 0 Å². The summed E-state index contributed by atoms with van der Waals surface area (Å²) in [5.41, 5.74) is 0.752. The average Bonchev–Trinajstić information content (AvgIpc) is 3.12. The van der Waals surface area contributed by atoms with Gasteiger partial charge in [-0.2, -0.15) is 0 Å². The molecule has 2 nitrogen and oxygen atoms in total. The van der Waals surface area contributed by atoms with Crippen LogP contribution in [0.5, 0.6) is 0 Å². The van der Waals surface area contributed by atoms with Crippen molar-refractivity contribution in [1.82, 2.24) is 5.32 Å². The quantitative estimate of drug-likeness (QED) is 0.901. The zero-order valence-corrected chi connectivity index (χ0v) is 10.8. The van der Waals surface area contributed by atoms with Crippen LogP contribution in [0.2, 0.25) is 0 Å². The van der Waals surface area contributed by atoms with Crippen molar-refractivity contribution in [3.05, 3.63) is 46.4 Å². The lowest BCUT2D eigenvalue weighted by Crippen LogP contribution is -2.25. The summed E-state index contributed by atoms with van der Waals surface area (Å²) in [5, 5.41) is 5.11. The van der Waals surface area contributed by atoms with Crippen molar-refractivity contribution in [2.24, 2.45) is 0 Å². The summed E-state index contributed by atoms with van der Waals surface area (Å²) < 4.78 is 0.969. The number of rotatable bonds is 2. The minimum atomic E-state index is 0.0324. The van der Waals surface area contributed by atoms with Crippen molar-refractivity contribution in [2.75, 3.05) is 0 Å². The molecule has 0 saturated heterocycles. The molecule has 2 aromatic carbocycles. The van der Waals surface area contributed by atoms with Gasteiger partial charge in [-0.3, -0.25) is 4.79 Å². The van der Waals surface area contributed by atoms with Crippen molar-refractivity contribution in [3.8, 4) is 0 Å². The van der Waals surface area contributed by atoms with E-state index in [4.69, 9.17) is 0 Å². The van der Waals surface area contributed by atoms with Crippen LogP contribution >= 0.6 is 15.9 Å². The van der Waals surface area contributed by atoms with Crippen LogP contribution < -0.4 is 5.32 Å². The second kappa shape index (κ2) is 4.15. The maximum absolute atomic E-state index is 12.1. The van der Waals surface area contributed by atoms with Gasteiger partial charge in [0.05, 0.1) is 0 Å². The van der Waals surface area contributed by atoms with Gasteiger partial charge in [0.15, 0.2) is 0 Å². The van der Waals surface area contributed by atoms with E-state index >= 15 is 0 Å². The van der Waals surface area contributed by atoms with E-state index in [9.17, 15) is 4.79 Å². The molecule has 17 heavy (non-hydrogen) atoms. The van der Waals surface area contributed by atoms with Crippen LogP contribution in [0.4, 0.5) is 0 Å². The maximum Gasteiger partial charge on any atom is 0.252 e. The van der Waals surface area contributed by atoms with Gasteiger partial charge in [0.25, 0.3) is 5.91 Å². The molecular formula is C14H12BrNO. The molecule has 1 saturated carbocycles. The first-order valence-electron chi connectivity index (χ1n) is 5.74. The van der Waals surface area contributed by atoms with E-state index in [0.29, 0.717) is 6.04 Å². The van der Waals surface area contributed by atoms with Gasteiger partial charge in [-0.25, -0.2) is 0 Å². The summed E-state index contributed by atoms with van der Waals surface area (Å²) in [4.78, 5) is 12.1. The van der Waals surface area contributed by atoms with Gasteiger partial charge >= 0.3 is 0 Å². The topological polar surface area (TPSA) is 29.1 Å². The summed E-state index contributed by atoms with van der Waals surface area (Å²) in [5.74, 6) is 0.0324. The molecule has 1 N–H and O–H groups in total. The first kappa shape index (κ1) is 10.8. The number of fused-ring (bicyclic) bond motifs is 1. The van der Waals surface area contributed by atoms with Crippen molar-refractivity contribution in [2.45, 2.75) is 18.9 Å². The van der Waals surface area contributed by atoms with E-state index in [1.807, 2.05) is 36.4 Å². The summed E-state index contributed by atoms with van der Waals surface area (Å²) in [6.45, 7) is 0. The average molecular weight is 290 g/mol. The first-order valence-corrected chi connectivity index (χ1v) is 6.53. The third-order valence-corrected chi connectivity index (χ3v) is 3.67. The van der Waals surface area contributed by atoms with E-state index in [1.54, 1.807) is 0 Å². The molecule has 2 aromatic rings. The maximum atomic E-state index is 12.1. The molecule has 86 valence electrons. The number of benzene rings is 2. The van der Waals surface area contributed by atoms with E-state index < -0.39 is 0 Å². The van der Waals surface area contributed by atoms with Crippen LogP contribution in [-0.2, 0) is 0 Å². The fourth-order valence-electron chi connectivity index (χ4n) is 1.98. The third-order valence-electron chi connectivity index (χ3n) is 3.01. The van der Waals surface area contributed by atoms with Crippen LogP contribution in [0.25, 0.3) is 10.8 Å². The zero-order chi connectivity index (χ0) is 11.8. The second-order valence-corrected chi connectivity index (χ2v) is 5.25. The summed E-state index contributed by atoms with van der Waals surface area (Å²) in [6.07, 6.45) is 2.22. The molecule has 0 spiro atoms. The van der Waals surface area contributed by atoms with Crippen LogP contribution in [0.1, 0.15) is 23.2 Å². The molecule has 0 radical (unpaired) electrons. The fraction of sp³-hybridized carbons (Fsp3) is 0.214. The molecule has 0 bridgehead atoms. The highest BCUT2D eigenvalue weighted by Gasteiger charge is 2.24. The summed E-state index contributed by atoms with van der Waals surface area (Å²) in [7, 11) is 0. The molecule has 3 heteroatoms. The predicted octanol–water partition coefficient (Wildman–Crippen LogP) is 3.49. The Morgan fingerprint density at radius 2 is 1.88 bits per heavy atom.